The first-order valence-electron chi connectivity index (χ1n) is 17.9. The van der Waals surface area contributed by atoms with Crippen LogP contribution in [0, 0.1) is 17.8 Å². The van der Waals surface area contributed by atoms with Gasteiger partial charge in [0, 0.05) is 31.0 Å². The molecule has 11 heteroatoms. The first-order chi connectivity index (χ1) is 21.8. The highest BCUT2D eigenvalue weighted by atomic mass is 16.7. The summed E-state index contributed by atoms with van der Waals surface area (Å²) >= 11 is 0. The number of rotatable bonds is 6. The molecule has 3 rings (SSSR count). The van der Waals surface area contributed by atoms with Crippen LogP contribution in [0.4, 0.5) is 0 Å². The quantitative estimate of drug-likeness (QED) is 0.309. The van der Waals surface area contributed by atoms with E-state index in [2.05, 4.69) is 13.0 Å². The molecule has 0 aromatic rings. The molecule has 0 unspecified atom stereocenters. The third kappa shape index (κ3) is 9.48. The standard InChI is InChI=1S/C36H66N2O9/c1-12-28-36(8,43)31(41)25(6)38(11)20-21(2)19-35(7,47-26-16-14-13-15-17-26)32(23(4)29(39)24(5)33(42)45-28)46-34-30(40)27(37(9)10)18-22(3)44-34/h16,21-25,27-32,34,39-41,43H,12-15,17-20H2,1-11H3/t21-,22-,23+,24-,25-,27+,28-,29+,30-,31-,32-,34+,35-,36-/m1/s1. The summed E-state index contributed by atoms with van der Waals surface area (Å²) in [5, 5.41) is 46.3. The molecule has 0 bridgehead atoms. The summed E-state index contributed by atoms with van der Waals surface area (Å²) in [6.07, 6.45) is 0.947. The lowest BCUT2D eigenvalue weighted by molar-refractivity contribution is -0.300. The number of carbonyl (C=O) groups excluding carboxylic acids is 1. The number of aliphatic hydroxyl groups excluding tert-OH is 3. The Kier molecular flexibility index (Phi) is 14.2. The second-order valence-corrected chi connectivity index (χ2v) is 15.6. The summed E-state index contributed by atoms with van der Waals surface area (Å²) in [7, 11) is 5.75. The summed E-state index contributed by atoms with van der Waals surface area (Å²) in [6, 6.07) is -0.671. The topological polar surface area (TPSA) is 141 Å². The van der Waals surface area contributed by atoms with E-state index in [0.29, 0.717) is 19.4 Å². The summed E-state index contributed by atoms with van der Waals surface area (Å²) < 4.78 is 25.9. The van der Waals surface area contributed by atoms with Gasteiger partial charge >= 0.3 is 5.97 Å². The molecule has 4 N–H and O–H groups in total. The first kappa shape index (κ1) is 40.1. The Morgan fingerprint density at radius 2 is 1.72 bits per heavy atom. The minimum atomic E-state index is -1.73. The lowest BCUT2D eigenvalue weighted by atomic mass is 9.77. The van der Waals surface area contributed by atoms with Crippen LogP contribution in [0.15, 0.2) is 11.8 Å². The van der Waals surface area contributed by atoms with Crippen LogP contribution in [-0.2, 0) is 23.7 Å². The Morgan fingerprint density at radius 1 is 1.06 bits per heavy atom. The van der Waals surface area contributed by atoms with Crippen LogP contribution >= 0.6 is 0 Å². The molecule has 2 fully saturated rings. The number of cyclic esters (lactones) is 1. The molecule has 14 atom stereocenters. The zero-order valence-electron chi connectivity index (χ0n) is 30.9. The van der Waals surface area contributed by atoms with Gasteiger partial charge in [-0.25, -0.2) is 0 Å². The number of esters is 1. The van der Waals surface area contributed by atoms with Crippen molar-refractivity contribution >= 4 is 5.97 Å². The van der Waals surface area contributed by atoms with E-state index in [-0.39, 0.29) is 24.5 Å². The van der Waals surface area contributed by atoms with Crippen LogP contribution in [-0.4, -0.2) is 130 Å². The molecule has 0 saturated carbocycles. The summed E-state index contributed by atoms with van der Waals surface area (Å²) in [5.74, 6) is -1.46. The molecule has 11 nitrogen and oxygen atoms in total. The van der Waals surface area contributed by atoms with Gasteiger partial charge in [0.25, 0.3) is 0 Å². The zero-order chi connectivity index (χ0) is 35.4. The van der Waals surface area contributed by atoms with Crippen LogP contribution in [0.5, 0.6) is 0 Å². The molecule has 274 valence electrons. The van der Waals surface area contributed by atoms with Gasteiger partial charge in [-0.3, -0.25) is 4.79 Å². The fraction of sp³-hybridized carbons (Fsp3) is 0.917. The molecule has 0 aromatic heterocycles. The molecule has 3 aliphatic rings. The average molecular weight is 671 g/mol. The Balaban J connectivity index is 2.14. The van der Waals surface area contributed by atoms with E-state index in [4.69, 9.17) is 18.9 Å². The zero-order valence-corrected chi connectivity index (χ0v) is 30.9. The minimum absolute atomic E-state index is 0.0114. The van der Waals surface area contributed by atoms with E-state index in [0.717, 1.165) is 31.4 Å². The van der Waals surface area contributed by atoms with E-state index in [1.165, 1.54) is 6.92 Å². The van der Waals surface area contributed by atoms with Crippen molar-refractivity contribution in [1.29, 1.82) is 0 Å². The van der Waals surface area contributed by atoms with Gasteiger partial charge in [0.05, 0.1) is 23.9 Å². The van der Waals surface area contributed by atoms with Crippen molar-refractivity contribution in [2.24, 2.45) is 17.8 Å². The predicted molar refractivity (Wildman–Crippen MR) is 180 cm³/mol. The van der Waals surface area contributed by atoms with Gasteiger partial charge < -0.3 is 49.2 Å². The van der Waals surface area contributed by atoms with Crippen LogP contribution in [0.2, 0.25) is 0 Å². The van der Waals surface area contributed by atoms with Crippen LogP contribution < -0.4 is 0 Å². The Hall–Kier alpha value is -1.31. The second-order valence-electron chi connectivity index (χ2n) is 15.6. The second kappa shape index (κ2) is 16.6. The normalized spacial score (nSPS) is 45.4. The lowest BCUT2D eigenvalue weighted by Gasteiger charge is -2.48. The largest absolute Gasteiger partial charge is 0.490 e. The molecule has 2 heterocycles. The van der Waals surface area contributed by atoms with Crippen molar-refractivity contribution in [3.8, 4) is 0 Å². The SMILES string of the molecule is CC[C@H]1OC(=O)[C@H](C)[C@@H](O)[C@H](C)[C@@H](O[C@@H]2O[C@H](C)C[C@H](N(C)C)[C@H]2O)[C@](C)(OC2=CCCCC2)C[C@@H](C)CN(C)[C@H](C)[C@@H](O)[C@]1(C)O. The van der Waals surface area contributed by atoms with Crippen LogP contribution in [0.3, 0.4) is 0 Å². The molecule has 2 saturated heterocycles. The molecular formula is C36H66N2O9. The van der Waals surface area contributed by atoms with Crippen molar-refractivity contribution in [3.63, 3.8) is 0 Å². The van der Waals surface area contributed by atoms with Gasteiger partial charge in [-0.05, 0) is 106 Å². The Labute approximate surface area is 283 Å². The maximum absolute atomic E-state index is 13.6. The maximum atomic E-state index is 13.6. The van der Waals surface area contributed by atoms with Crippen molar-refractivity contribution in [1.82, 2.24) is 9.80 Å². The maximum Gasteiger partial charge on any atom is 0.311 e. The molecule has 47 heavy (non-hydrogen) atoms. The van der Waals surface area contributed by atoms with Gasteiger partial charge in [-0.2, -0.15) is 0 Å². The number of carbonyl (C=O) groups is 1. The average Bonchev–Trinajstić information content (AvgIpc) is 3.01. The monoisotopic (exact) mass is 670 g/mol. The summed E-state index contributed by atoms with van der Waals surface area (Å²) in [5.41, 5.74) is -2.74. The molecular weight excluding hydrogens is 604 g/mol. The van der Waals surface area contributed by atoms with Crippen molar-refractivity contribution in [2.75, 3.05) is 27.7 Å². The molecule has 0 radical (unpaired) electrons. The van der Waals surface area contributed by atoms with E-state index >= 15 is 0 Å². The number of hydrogen-bond donors (Lipinski definition) is 4. The highest BCUT2D eigenvalue weighted by Gasteiger charge is 2.51. The number of nitrogens with zero attached hydrogens (tertiary/aromatic N) is 2. The molecule has 1 aliphatic carbocycles. The third-order valence-electron chi connectivity index (χ3n) is 11.1. The summed E-state index contributed by atoms with van der Waals surface area (Å²) in [4.78, 5) is 17.6. The van der Waals surface area contributed by atoms with E-state index in [1.807, 2.05) is 58.6 Å². The minimum Gasteiger partial charge on any atom is -0.490 e. The van der Waals surface area contributed by atoms with Gasteiger partial charge in [-0.15, -0.1) is 0 Å². The predicted octanol–water partition coefficient (Wildman–Crippen LogP) is 3.46. The van der Waals surface area contributed by atoms with Gasteiger partial charge in [0.2, 0.25) is 0 Å². The van der Waals surface area contributed by atoms with Gasteiger partial charge in [0.15, 0.2) is 6.29 Å². The van der Waals surface area contributed by atoms with E-state index in [1.54, 1.807) is 13.8 Å². The van der Waals surface area contributed by atoms with E-state index in [9.17, 15) is 25.2 Å². The highest BCUT2D eigenvalue weighted by Crippen LogP contribution is 2.40. The smallest absolute Gasteiger partial charge is 0.311 e. The fourth-order valence-corrected chi connectivity index (χ4v) is 8.01. The van der Waals surface area contributed by atoms with Gasteiger partial charge in [0.1, 0.15) is 35.6 Å². The summed E-state index contributed by atoms with van der Waals surface area (Å²) in [6.45, 7) is 15.2. The third-order valence-corrected chi connectivity index (χ3v) is 11.1. The van der Waals surface area contributed by atoms with Gasteiger partial charge in [-0.1, -0.05) is 20.8 Å². The van der Waals surface area contributed by atoms with Crippen molar-refractivity contribution in [2.45, 2.75) is 167 Å². The number of ether oxygens (including phenoxy) is 4. The van der Waals surface area contributed by atoms with E-state index < -0.39 is 71.9 Å². The van der Waals surface area contributed by atoms with Crippen molar-refractivity contribution in [3.05, 3.63) is 11.8 Å². The number of aliphatic hydroxyl groups is 4. The van der Waals surface area contributed by atoms with Crippen LogP contribution in [0.1, 0.15) is 100 Å². The fourth-order valence-electron chi connectivity index (χ4n) is 8.01. The Bertz CT molecular complexity index is 1040. The first-order valence-corrected chi connectivity index (χ1v) is 17.9. The highest BCUT2D eigenvalue weighted by molar-refractivity contribution is 5.73. The number of hydrogen-bond acceptors (Lipinski definition) is 11. The molecule has 0 spiro atoms. The number of likely N-dealkylation sites (N-methyl/N-ethyl adjacent to an activating group) is 2. The molecule has 0 amide bonds. The van der Waals surface area contributed by atoms with Crippen LogP contribution in [0.25, 0.3) is 0 Å². The Morgan fingerprint density at radius 3 is 2.30 bits per heavy atom. The lowest BCUT2D eigenvalue weighted by Crippen LogP contribution is -2.59. The molecule has 2 aliphatic heterocycles. The van der Waals surface area contributed by atoms with Crippen molar-refractivity contribution < 1.29 is 44.2 Å². The molecule has 0 aromatic carbocycles. The number of allylic oxidation sites excluding steroid dienone is 2.